The molecule has 5 heteroatoms. The molecule has 2 heterocycles. The summed E-state index contributed by atoms with van der Waals surface area (Å²) in [5, 5.41) is 3.03. The summed E-state index contributed by atoms with van der Waals surface area (Å²) in [6.45, 7) is 0.495. The normalized spacial score (nSPS) is 10.9. The molecule has 0 bridgehead atoms. The number of nitrogens with zero attached hydrogens (tertiary/aromatic N) is 2. The van der Waals surface area contributed by atoms with Gasteiger partial charge in [-0.15, -0.1) is 22.7 Å². The largest absolute Gasteiger partial charge is 0.486 e. The zero-order chi connectivity index (χ0) is 14.8. The highest BCUT2D eigenvalue weighted by molar-refractivity contribution is 7.18. The highest BCUT2D eigenvalue weighted by Gasteiger charge is 2.05. The van der Waals surface area contributed by atoms with Gasteiger partial charge in [-0.1, -0.05) is 12.1 Å². The van der Waals surface area contributed by atoms with Crippen molar-refractivity contribution < 1.29 is 4.74 Å². The van der Waals surface area contributed by atoms with Gasteiger partial charge in [0, 0.05) is 10.9 Å². The molecule has 0 unspecified atom stereocenters. The van der Waals surface area contributed by atoms with Gasteiger partial charge in [-0.25, -0.2) is 9.97 Å². The van der Waals surface area contributed by atoms with Crippen LogP contribution in [0.5, 0.6) is 5.75 Å². The first-order chi connectivity index (χ1) is 10.9. The van der Waals surface area contributed by atoms with Crippen molar-refractivity contribution in [2.45, 2.75) is 6.61 Å². The van der Waals surface area contributed by atoms with Gasteiger partial charge in [0.05, 0.1) is 21.4 Å². The number of para-hydroxylation sites is 1. The molecule has 2 aromatic carbocycles. The SMILES string of the molecule is c1ccc2sc(COc3ccc(-c4cscn4)cc3)nc2c1. The molecule has 0 saturated carbocycles. The molecule has 0 saturated heterocycles. The van der Waals surface area contributed by atoms with Crippen molar-refractivity contribution in [2.75, 3.05) is 0 Å². The summed E-state index contributed by atoms with van der Waals surface area (Å²) in [7, 11) is 0. The molecule has 108 valence electrons. The Morgan fingerprint density at radius 1 is 1.00 bits per heavy atom. The molecule has 0 radical (unpaired) electrons. The number of hydrogen-bond donors (Lipinski definition) is 0. The number of fused-ring (bicyclic) bond motifs is 1. The molecule has 0 aliphatic rings. The van der Waals surface area contributed by atoms with E-state index in [1.54, 1.807) is 22.7 Å². The fourth-order valence-electron chi connectivity index (χ4n) is 2.20. The van der Waals surface area contributed by atoms with E-state index < -0.39 is 0 Å². The van der Waals surface area contributed by atoms with E-state index in [9.17, 15) is 0 Å². The number of aromatic nitrogens is 2. The topological polar surface area (TPSA) is 35.0 Å². The van der Waals surface area contributed by atoms with Crippen LogP contribution >= 0.6 is 22.7 Å². The van der Waals surface area contributed by atoms with Crippen LogP contribution < -0.4 is 4.74 Å². The summed E-state index contributed by atoms with van der Waals surface area (Å²) in [5.74, 6) is 0.846. The Kier molecular flexibility index (Phi) is 3.58. The summed E-state index contributed by atoms with van der Waals surface area (Å²) in [5.41, 5.74) is 4.98. The Morgan fingerprint density at radius 3 is 2.64 bits per heavy atom. The van der Waals surface area contributed by atoms with Gasteiger partial charge in [0.15, 0.2) is 0 Å². The van der Waals surface area contributed by atoms with E-state index in [0.717, 1.165) is 27.5 Å². The Hall–Kier alpha value is -2.24. The first-order valence-electron chi connectivity index (χ1n) is 6.84. The summed E-state index contributed by atoms with van der Waals surface area (Å²) in [4.78, 5) is 8.87. The van der Waals surface area contributed by atoms with E-state index in [1.165, 1.54) is 4.70 Å². The summed E-state index contributed by atoms with van der Waals surface area (Å²) in [6, 6.07) is 16.2. The molecule has 2 aromatic heterocycles. The van der Waals surface area contributed by atoms with Gasteiger partial charge < -0.3 is 4.74 Å². The quantitative estimate of drug-likeness (QED) is 0.530. The van der Waals surface area contributed by atoms with Crippen molar-refractivity contribution in [3.8, 4) is 17.0 Å². The minimum absolute atomic E-state index is 0.495. The molecule has 22 heavy (non-hydrogen) atoms. The van der Waals surface area contributed by atoms with Crippen LogP contribution in [0.4, 0.5) is 0 Å². The number of ether oxygens (including phenoxy) is 1. The molecular formula is C17H12N2OS2. The Bertz CT molecular complexity index is 850. The van der Waals surface area contributed by atoms with Gasteiger partial charge in [-0.05, 0) is 36.4 Å². The maximum Gasteiger partial charge on any atom is 0.140 e. The van der Waals surface area contributed by atoms with Crippen LogP contribution in [-0.4, -0.2) is 9.97 Å². The van der Waals surface area contributed by atoms with Crippen molar-refractivity contribution in [3.63, 3.8) is 0 Å². The van der Waals surface area contributed by atoms with Gasteiger partial charge in [-0.3, -0.25) is 0 Å². The second-order valence-electron chi connectivity index (χ2n) is 4.76. The van der Waals surface area contributed by atoms with E-state index in [0.29, 0.717) is 6.61 Å². The zero-order valence-electron chi connectivity index (χ0n) is 11.6. The van der Waals surface area contributed by atoms with Crippen molar-refractivity contribution in [1.82, 2.24) is 9.97 Å². The minimum atomic E-state index is 0.495. The highest BCUT2D eigenvalue weighted by Crippen LogP contribution is 2.25. The third-order valence-corrected chi connectivity index (χ3v) is 4.88. The number of thiazole rings is 2. The van der Waals surface area contributed by atoms with Crippen LogP contribution in [0.2, 0.25) is 0 Å². The molecule has 3 nitrogen and oxygen atoms in total. The smallest absolute Gasteiger partial charge is 0.140 e. The number of rotatable bonds is 4. The van der Waals surface area contributed by atoms with Crippen molar-refractivity contribution in [3.05, 3.63) is 64.4 Å². The average Bonchev–Trinajstić information content (AvgIpc) is 3.22. The van der Waals surface area contributed by atoms with Crippen LogP contribution in [0.25, 0.3) is 21.5 Å². The molecular weight excluding hydrogens is 312 g/mol. The molecule has 0 aliphatic heterocycles. The standard InChI is InChI=1S/C17H12N2OS2/c1-2-4-16-14(3-1)19-17(22-16)9-20-13-7-5-12(6-8-13)15-10-21-11-18-15/h1-8,10-11H,9H2. The van der Waals surface area contributed by atoms with E-state index in [-0.39, 0.29) is 0 Å². The minimum Gasteiger partial charge on any atom is -0.486 e. The third-order valence-electron chi connectivity index (χ3n) is 3.28. The molecule has 0 amide bonds. The molecule has 0 spiro atoms. The summed E-state index contributed by atoms with van der Waals surface area (Å²) >= 11 is 3.27. The van der Waals surface area contributed by atoms with E-state index in [4.69, 9.17) is 4.74 Å². The summed E-state index contributed by atoms with van der Waals surface area (Å²) < 4.78 is 7.02. The van der Waals surface area contributed by atoms with E-state index >= 15 is 0 Å². The second-order valence-corrected chi connectivity index (χ2v) is 6.60. The van der Waals surface area contributed by atoms with E-state index in [2.05, 4.69) is 16.0 Å². The van der Waals surface area contributed by atoms with Gasteiger partial charge in [0.25, 0.3) is 0 Å². The Balaban J connectivity index is 1.47. The Labute approximate surface area is 135 Å². The molecule has 0 N–H and O–H groups in total. The van der Waals surface area contributed by atoms with Crippen LogP contribution in [0.1, 0.15) is 5.01 Å². The van der Waals surface area contributed by atoms with Crippen LogP contribution in [0.3, 0.4) is 0 Å². The first-order valence-corrected chi connectivity index (χ1v) is 8.60. The maximum atomic E-state index is 5.82. The van der Waals surface area contributed by atoms with Gasteiger partial charge in [0.2, 0.25) is 0 Å². The molecule has 4 aromatic rings. The fourth-order valence-corrected chi connectivity index (χ4v) is 3.65. The monoisotopic (exact) mass is 324 g/mol. The summed E-state index contributed by atoms with van der Waals surface area (Å²) in [6.07, 6.45) is 0. The van der Waals surface area contributed by atoms with Gasteiger partial charge >= 0.3 is 0 Å². The fraction of sp³-hybridized carbons (Fsp3) is 0.0588. The average molecular weight is 324 g/mol. The zero-order valence-corrected chi connectivity index (χ0v) is 13.2. The lowest BCUT2D eigenvalue weighted by atomic mass is 10.2. The van der Waals surface area contributed by atoms with Crippen molar-refractivity contribution in [2.24, 2.45) is 0 Å². The van der Waals surface area contributed by atoms with Crippen molar-refractivity contribution in [1.29, 1.82) is 0 Å². The maximum absolute atomic E-state index is 5.82. The number of benzene rings is 2. The Morgan fingerprint density at radius 2 is 1.86 bits per heavy atom. The van der Waals surface area contributed by atoms with Crippen LogP contribution in [0, 0.1) is 0 Å². The lowest BCUT2D eigenvalue weighted by Gasteiger charge is -2.04. The van der Waals surface area contributed by atoms with Gasteiger partial charge in [0.1, 0.15) is 17.4 Å². The van der Waals surface area contributed by atoms with Gasteiger partial charge in [-0.2, -0.15) is 0 Å². The van der Waals surface area contributed by atoms with Crippen LogP contribution in [0.15, 0.2) is 59.4 Å². The number of hydrogen-bond acceptors (Lipinski definition) is 5. The lowest BCUT2D eigenvalue weighted by molar-refractivity contribution is 0.306. The predicted octanol–water partition coefficient (Wildman–Crippen LogP) is 5.00. The highest BCUT2D eigenvalue weighted by atomic mass is 32.1. The van der Waals surface area contributed by atoms with E-state index in [1.807, 2.05) is 53.4 Å². The molecule has 4 rings (SSSR count). The molecule has 0 fully saturated rings. The first kappa shape index (κ1) is 13.4. The molecule has 0 atom stereocenters. The lowest BCUT2D eigenvalue weighted by Crippen LogP contribution is -1.94. The van der Waals surface area contributed by atoms with Crippen LogP contribution in [-0.2, 0) is 6.61 Å². The molecule has 0 aliphatic carbocycles. The van der Waals surface area contributed by atoms with Crippen molar-refractivity contribution >= 4 is 32.9 Å². The third kappa shape index (κ3) is 2.73. The second kappa shape index (κ2) is 5.87. The predicted molar refractivity (Wildman–Crippen MR) is 91.5 cm³/mol.